The molecule has 0 spiro atoms. The summed E-state index contributed by atoms with van der Waals surface area (Å²) in [5.41, 5.74) is 3.14. The molecule has 0 aliphatic heterocycles. The molecular formula is C11H13NO3. The van der Waals surface area contributed by atoms with Crippen LogP contribution in [0.1, 0.15) is 40.2 Å². The zero-order valence-corrected chi connectivity index (χ0v) is 8.59. The first-order valence-electron chi connectivity index (χ1n) is 5.05. The van der Waals surface area contributed by atoms with Crippen molar-refractivity contribution in [1.82, 2.24) is 4.98 Å². The summed E-state index contributed by atoms with van der Waals surface area (Å²) >= 11 is 0. The van der Waals surface area contributed by atoms with E-state index in [-0.39, 0.29) is 12.2 Å². The number of hydrogen-bond acceptors (Lipinski definition) is 2. The number of aryl methyl sites for hydroxylation is 1. The highest BCUT2D eigenvalue weighted by atomic mass is 16.4. The van der Waals surface area contributed by atoms with Crippen molar-refractivity contribution in [1.29, 1.82) is 0 Å². The molecule has 1 aliphatic carbocycles. The van der Waals surface area contributed by atoms with E-state index in [1.165, 1.54) is 0 Å². The Morgan fingerprint density at radius 1 is 1.47 bits per heavy atom. The van der Waals surface area contributed by atoms with Crippen molar-refractivity contribution in [2.24, 2.45) is 0 Å². The van der Waals surface area contributed by atoms with Crippen LogP contribution in [0.5, 0.6) is 0 Å². The van der Waals surface area contributed by atoms with Gasteiger partial charge < -0.3 is 10.1 Å². The molecule has 4 nitrogen and oxygen atoms in total. The van der Waals surface area contributed by atoms with Gasteiger partial charge in [0.2, 0.25) is 0 Å². The van der Waals surface area contributed by atoms with Crippen LogP contribution in [-0.4, -0.2) is 21.8 Å². The zero-order chi connectivity index (χ0) is 11.0. The average molecular weight is 207 g/mol. The van der Waals surface area contributed by atoms with E-state index >= 15 is 0 Å². The number of hydrogen-bond donors (Lipinski definition) is 2. The van der Waals surface area contributed by atoms with Crippen molar-refractivity contribution in [3.8, 4) is 0 Å². The van der Waals surface area contributed by atoms with E-state index < -0.39 is 5.97 Å². The molecule has 0 saturated heterocycles. The molecule has 80 valence electrons. The molecule has 0 radical (unpaired) electrons. The average Bonchev–Trinajstić information content (AvgIpc) is 2.44. The van der Waals surface area contributed by atoms with Gasteiger partial charge in [0.15, 0.2) is 5.78 Å². The summed E-state index contributed by atoms with van der Waals surface area (Å²) in [5.74, 6) is -0.731. The fourth-order valence-corrected chi connectivity index (χ4v) is 2.16. The highest BCUT2D eigenvalue weighted by molar-refractivity contribution is 6.00. The monoisotopic (exact) mass is 207 g/mol. The first-order chi connectivity index (χ1) is 7.09. The molecule has 1 aliphatic rings. The molecule has 1 aromatic heterocycles. The Morgan fingerprint density at radius 2 is 2.20 bits per heavy atom. The van der Waals surface area contributed by atoms with Gasteiger partial charge in [-0.3, -0.25) is 9.59 Å². The predicted molar refractivity (Wildman–Crippen MR) is 54.1 cm³/mol. The molecule has 1 heterocycles. The zero-order valence-electron chi connectivity index (χ0n) is 8.59. The van der Waals surface area contributed by atoms with E-state index in [1.807, 2.05) is 6.92 Å². The molecule has 15 heavy (non-hydrogen) atoms. The number of carbonyl (C=O) groups excluding carboxylic acids is 1. The van der Waals surface area contributed by atoms with E-state index in [2.05, 4.69) is 4.98 Å². The third-order valence-electron chi connectivity index (χ3n) is 2.87. The topological polar surface area (TPSA) is 70.2 Å². The Labute approximate surface area is 87.3 Å². The third-order valence-corrected chi connectivity index (χ3v) is 2.87. The Balaban J connectivity index is 2.43. The highest BCUT2D eigenvalue weighted by Gasteiger charge is 2.24. The fraction of sp³-hybridized carbons (Fsp3) is 0.455. The second kappa shape index (κ2) is 3.53. The van der Waals surface area contributed by atoms with Gasteiger partial charge in [0.05, 0.1) is 6.42 Å². The predicted octanol–water partition coefficient (Wildman–Crippen LogP) is 1.47. The van der Waals surface area contributed by atoms with Crippen molar-refractivity contribution in [2.75, 3.05) is 0 Å². The maximum absolute atomic E-state index is 11.6. The summed E-state index contributed by atoms with van der Waals surface area (Å²) in [6, 6.07) is 0. The second-order valence-corrected chi connectivity index (χ2v) is 3.93. The smallest absolute Gasteiger partial charge is 0.309 e. The number of aromatic nitrogens is 1. The number of aliphatic carboxylic acids is 1. The van der Waals surface area contributed by atoms with E-state index in [4.69, 9.17) is 5.11 Å². The Morgan fingerprint density at radius 3 is 2.80 bits per heavy atom. The maximum Gasteiger partial charge on any atom is 0.309 e. The Bertz CT molecular complexity index is 431. The summed E-state index contributed by atoms with van der Waals surface area (Å²) in [5, 5.41) is 8.71. The summed E-state index contributed by atoms with van der Waals surface area (Å²) in [6.07, 6.45) is 2.25. The lowest BCUT2D eigenvalue weighted by atomic mass is 9.93. The molecule has 0 saturated carbocycles. The van der Waals surface area contributed by atoms with Gasteiger partial charge in [-0.15, -0.1) is 0 Å². The number of fused-ring (bicyclic) bond motifs is 1. The van der Waals surface area contributed by atoms with Gasteiger partial charge in [0, 0.05) is 23.4 Å². The molecule has 0 unspecified atom stereocenters. The molecule has 2 rings (SSSR count). The number of rotatable bonds is 2. The normalized spacial score (nSPS) is 15.1. The molecule has 1 aromatic rings. The SMILES string of the molecule is Cc1c(CC(=O)O)[nH]c2c1C(=O)CCC2. The van der Waals surface area contributed by atoms with E-state index in [0.29, 0.717) is 12.1 Å². The van der Waals surface area contributed by atoms with Crippen LogP contribution < -0.4 is 0 Å². The van der Waals surface area contributed by atoms with Crippen molar-refractivity contribution in [2.45, 2.75) is 32.6 Å². The first kappa shape index (κ1) is 9.96. The number of aromatic amines is 1. The Hall–Kier alpha value is -1.58. The van der Waals surface area contributed by atoms with Gasteiger partial charge in [-0.1, -0.05) is 0 Å². The lowest BCUT2D eigenvalue weighted by molar-refractivity contribution is -0.136. The number of carboxylic acids is 1. The third kappa shape index (κ3) is 1.67. The van der Waals surface area contributed by atoms with Crippen LogP contribution in [0, 0.1) is 6.92 Å². The van der Waals surface area contributed by atoms with Crippen LogP contribution in [0.25, 0.3) is 0 Å². The number of carboxylic acid groups (broad SMARTS) is 1. The first-order valence-corrected chi connectivity index (χ1v) is 5.05. The minimum Gasteiger partial charge on any atom is -0.481 e. The van der Waals surface area contributed by atoms with Gasteiger partial charge in [-0.2, -0.15) is 0 Å². The van der Waals surface area contributed by atoms with Gasteiger partial charge >= 0.3 is 5.97 Å². The van der Waals surface area contributed by atoms with Crippen LogP contribution in [0.2, 0.25) is 0 Å². The molecule has 0 atom stereocenters. The lowest BCUT2D eigenvalue weighted by Gasteiger charge is -2.09. The largest absolute Gasteiger partial charge is 0.481 e. The fourth-order valence-electron chi connectivity index (χ4n) is 2.16. The van der Waals surface area contributed by atoms with Crippen molar-refractivity contribution >= 4 is 11.8 Å². The van der Waals surface area contributed by atoms with Gasteiger partial charge in [0.25, 0.3) is 0 Å². The van der Waals surface area contributed by atoms with Crippen molar-refractivity contribution < 1.29 is 14.7 Å². The van der Waals surface area contributed by atoms with Crippen LogP contribution in [0.4, 0.5) is 0 Å². The molecule has 2 N–H and O–H groups in total. The van der Waals surface area contributed by atoms with E-state index in [1.54, 1.807) is 0 Å². The molecule has 0 fully saturated rings. The summed E-state index contributed by atoms with van der Waals surface area (Å²) in [4.78, 5) is 25.3. The second-order valence-electron chi connectivity index (χ2n) is 3.93. The molecule has 0 bridgehead atoms. The number of H-pyrrole nitrogens is 1. The number of carbonyl (C=O) groups is 2. The molecule has 4 heteroatoms. The van der Waals surface area contributed by atoms with Crippen LogP contribution in [0.3, 0.4) is 0 Å². The molecule has 0 aromatic carbocycles. The van der Waals surface area contributed by atoms with Crippen LogP contribution in [0.15, 0.2) is 0 Å². The minimum atomic E-state index is -0.871. The van der Waals surface area contributed by atoms with E-state index in [0.717, 1.165) is 29.7 Å². The molecular weight excluding hydrogens is 194 g/mol. The minimum absolute atomic E-state index is 0.0356. The van der Waals surface area contributed by atoms with Crippen LogP contribution >= 0.6 is 0 Å². The summed E-state index contributed by atoms with van der Waals surface area (Å²) in [6.45, 7) is 1.82. The van der Waals surface area contributed by atoms with Crippen LogP contribution in [-0.2, 0) is 17.6 Å². The van der Waals surface area contributed by atoms with E-state index in [9.17, 15) is 9.59 Å². The number of ketones is 1. The summed E-state index contributed by atoms with van der Waals surface area (Å²) < 4.78 is 0. The van der Waals surface area contributed by atoms with Gasteiger partial charge in [-0.05, 0) is 25.3 Å². The number of Topliss-reactive ketones (excluding diaryl/α,β-unsaturated/α-hetero) is 1. The van der Waals surface area contributed by atoms with Gasteiger partial charge in [-0.25, -0.2) is 0 Å². The highest BCUT2D eigenvalue weighted by Crippen LogP contribution is 2.26. The standard InChI is InChI=1S/C11H13NO3/c1-6-8(5-10(14)15)12-7-3-2-4-9(13)11(6)7/h12H,2-5H2,1H3,(H,14,15). The van der Waals surface area contributed by atoms with Gasteiger partial charge in [0.1, 0.15) is 0 Å². The Kier molecular flexibility index (Phi) is 2.34. The van der Waals surface area contributed by atoms with Crippen molar-refractivity contribution in [3.63, 3.8) is 0 Å². The van der Waals surface area contributed by atoms with Crippen molar-refractivity contribution in [3.05, 3.63) is 22.5 Å². The molecule has 0 amide bonds. The lowest BCUT2D eigenvalue weighted by Crippen LogP contribution is -2.09. The number of nitrogens with one attached hydrogen (secondary N) is 1. The maximum atomic E-state index is 11.6. The summed E-state index contributed by atoms with van der Waals surface area (Å²) in [7, 11) is 0. The quantitative estimate of drug-likeness (QED) is 0.771.